The zero-order valence-corrected chi connectivity index (χ0v) is 13.6. The van der Waals surface area contributed by atoms with Crippen LogP contribution in [-0.2, 0) is 7.05 Å². The van der Waals surface area contributed by atoms with Gasteiger partial charge in [0, 0.05) is 17.0 Å². The minimum atomic E-state index is -0.722. The number of imidazole rings is 1. The van der Waals surface area contributed by atoms with Crippen LogP contribution in [0, 0.1) is 0 Å². The topological polar surface area (TPSA) is 38.0 Å². The first-order valence-electron chi connectivity index (χ1n) is 6.83. The van der Waals surface area contributed by atoms with Gasteiger partial charge < -0.3 is 9.67 Å². The summed E-state index contributed by atoms with van der Waals surface area (Å²) in [4.78, 5) is 5.53. The first-order chi connectivity index (χ1) is 10.6. The molecule has 0 aliphatic carbocycles. The van der Waals surface area contributed by atoms with Crippen molar-refractivity contribution in [1.29, 1.82) is 0 Å². The Morgan fingerprint density at radius 2 is 1.77 bits per heavy atom. The molecule has 5 heteroatoms. The predicted octanol–water partition coefficient (Wildman–Crippen LogP) is 4.31. The van der Waals surface area contributed by atoms with Crippen LogP contribution in [0.4, 0.5) is 0 Å². The monoisotopic (exact) mass is 330 g/mol. The van der Waals surface area contributed by atoms with Crippen molar-refractivity contribution in [3.8, 4) is 0 Å². The summed E-state index contributed by atoms with van der Waals surface area (Å²) in [5, 5.41) is 12.0. The van der Waals surface area contributed by atoms with E-state index >= 15 is 0 Å². The van der Waals surface area contributed by atoms with Crippen LogP contribution in [0.15, 0.2) is 70.8 Å². The molecule has 1 heterocycles. The molecule has 0 aliphatic rings. The van der Waals surface area contributed by atoms with Gasteiger partial charge in [0.25, 0.3) is 0 Å². The van der Waals surface area contributed by atoms with Crippen LogP contribution >= 0.6 is 23.4 Å². The summed E-state index contributed by atoms with van der Waals surface area (Å²) in [6.45, 7) is 0. The van der Waals surface area contributed by atoms with Crippen molar-refractivity contribution < 1.29 is 5.11 Å². The van der Waals surface area contributed by atoms with E-state index < -0.39 is 6.10 Å². The summed E-state index contributed by atoms with van der Waals surface area (Å²) in [5.41, 5.74) is 1.55. The highest BCUT2D eigenvalue weighted by Gasteiger charge is 2.17. The van der Waals surface area contributed by atoms with E-state index in [9.17, 15) is 5.11 Å². The van der Waals surface area contributed by atoms with Crippen molar-refractivity contribution in [3.63, 3.8) is 0 Å². The van der Waals surface area contributed by atoms with Gasteiger partial charge in [-0.2, -0.15) is 0 Å². The van der Waals surface area contributed by atoms with Crippen molar-refractivity contribution in [2.45, 2.75) is 16.2 Å². The molecule has 112 valence electrons. The third-order valence-corrected chi connectivity index (χ3v) is 4.72. The maximum Gasteiger partial charge on any atom is 0.172 e. The van der Waals surface area contributed by atoms with E-state index in [0.29, 0.717) is 5.02 Å². The van der Waals surface area contributed by atoms with Gasteiger partial charge in [-0.15, -0.1) is 0 Å². The number of aliphatic hydroxyl groups excluding tert-OH is 1. The van der Waals surface area contributed by atoms with E-state index in [1.807, 2.05) is 54.1 Å². The minimum Gasteiger partial charge on any atom is -0.382 e. The van der Waals surface area contributed by atoms with E-state index in [2.05, 4.69) is 4.98 Å². The standard InChI is InChI=1S/C17H15ClN2OS/c1-20-15(16(21)12-7-9-13(18)10-8-12)11-19-17(20)22-14-5-3-2-4-6-14/h2-11,16,21H,1H3. The Bertz CT molecular complexity index is 756. The number of hydrogen-bond acceptors (Lipinski definition) is 3. The van der Waals surface area contributed by atoms with Gasteiger partial charge in [0.1, 0.15) is 6.10 Å². The van der Waals surface area contributed by atoms with E-state index in [4.69, 9.17) is 11.6 Å². The number of rotatable bonds is 4. The van der Waals surface area contributed by atoms with Crippen molar-refractivity contribution in [3.05, 3.63) is 77.1 Å². The Labute approximate surface area is 138 Å². The molecular formula is C17H15ClN2OS. The van der Waals surface area contributed by atoms with E-state index in [0.717, 1.165) is 21.3 Å². The molecule has 0 saturated carbocycles. The molecule has 0 spiro atoms. The number of hydrogen-bond donors (Lipinski definition) is 1. The number of halogens is 1. The summed E-state index contributed by atoms with van der Waals surface area (Å²) in [7, 11) is 1.91. The normalized spacial score (nSPS) is 12.3. The van der Waals surface area contributed by atoms with Gasteiger partial charge >= 0.3 is 0 Å². The highest BCUT2D eigenvalue weighted by Crippen LogP contribution is 2.30. The van der Waals surface area contributed by atoms with E-state index in [1.165, 1.54) is 0 Å². The minimum absolute atomic E-state index is 0.654. The molecule has 0 aliphatic heterocycles. The Hall–Kier alpha value is -1.75. The fourth-order valence-electron chi connectivity index (χ4n) is 2.16. The van der Waals surface area contributed by atoms with Gasteiger partial charge in [0.2, 0.25) is 0 Å². The second-order valence-electron chi connectivity index (χ2n) is 4.89. The summed E-state index contributed by atoms with van der Waals surface area (Å²) in [6.07, 6.45) is 0.991. The first kappa shape index (κ1) is 15.2. The Kier molecular flexibility index (Phi) is 4.52. The zero-order valence-electron chi connectivity index (χ0n) is 12.0. The maximum atomic E-state index is 10.5. The summed E-state index contributed by atoms with van der Waals surface area (Å²) < 4.78 is 1.91. The molecule has 1 aromatic heterocycles. The Morgan fingerprint density at radius 3 is 2.45 bits per heavy atom. The van der Waals surface area contributed by atoms with Crippen LogP contribution < -0.4 is 0 Å². The van der Waals surface area contributed by atoms with Crippen LogP contribution in [0.2, 0.25) is 5.02 Å². The lowest BCUT2D eigenvalue weighted by molar-refractivity contribution is 0.210. The Balaban J connectivity index is 1.85. The molecule has 0 saturated heterocycles. The molecular weight excluding hydrogens is 316 g/mol. The molecule has 1 N–H and O–H groups in total. The highest BCUT2D eigenvalue weighted by molar-refractivity contribution is 7.99. The summed E-state index contributed by atoms with van der Waals surface area (Å²) in [6, 6.07) is 17.2. The number of aliphatic hydroxyl groups is 1. The van der Waals surface area contributed by atoms with Crippen molar-refractivity contribution >= 4 is 23.4 Å². The molecule has 3 aromatic rings. The molecule has 0 amide bonds. The largest absolute Gasteiger partial charge is 0.382 e. The fourth-order valence-corrected chi connectivity index (χ4v) is 3.14. The van der Waals surface area contributed by atoms with Crippen LogP contribution in [0.25, 0.3) is 0 Å². The number of nitrogens with zero attached hydrogens (tertiary/aromatic N) is 2. The average molecular weight is 331 g/mol. The van der Waals surface area contributed by atoms with Crippen LogP contribution in [0.3, 0.4) is 0 Å². The molecule has 3 rings (SSSR count). The van der Waals surface area contributed by atoms with Crippen molar-refractivity contribution in [2.24, 2.45) is 7.05 Å². The van der Waals surface area contributed by atoms with Crippen LogP contribution in [-0.4, -0.2) is 14.7 Å². The molecule has 1 atom stereocenters. The third-order valence-electron chi connectivity index (χ3n) is 3.40. The quantitative estimate of drug-likeness (QED) is 0.774. The molecule has 0 bridgehead atoms. The van der Waals surface area contributed by atoms with E-state index in [-0.39, 0.29) is 0 Å². The third kappa shape index (κ3) is 3.19. The van der Waals surface area contributed by atoms with Gasteiger partial charge in [-0.25, -0.2) is 4.98 Å². The van der Waals surface area contributed by atoms with Gasteiger partial charge in [-0.1, -0.05) is 53.7 Å². The number of benzene rings is 2. The lowest BCUT2D eigenvalue weighted by Gasteiger charge is -2.12. The first-order valence-corrected chi connectivity index (χ1v) is 8.02. The maximum absolute atomic E-state index is 10.5. The second kappa shape index (κ2) is 6.57. The van der Waals surface area contributed by atoms with Crippen molar-refractivity contribution in [1.82, 2.24) is 9.55 Å². The summed E-state index contributed by atoms with van der Waals surface area (Å²) >= 11 is 7.46. The van der Waals surface area contributed by atoms with Crippen LogP contribution in [0.5, 0.6) is 0 Å². The molecule has 2 aromatic carbocycles. The highest BCUT2D eigenvalue weighted by atomic mass is 35.5. The second-order valence-corrected chi connectivity index (χ2v) is 6.37. The SMILES string of the molecule is Cn1c(C(O)c2ccc(Cl)cc2)cnc1Sc1ccccc1. The number of aromatic nitrogens is 2. The average Bonchev–Trinajstić information content (AvgIpc) is 2.89. The van der Waals surface area contributed by atoms with Gasteiger partial charge in [0.05, 0.1) is 11.9 Å². The van der Waals surface area contributed by atoms with Crippen molar-refractivity contribution in [2.75, 3.05) is 0 Å². The van der Waals surface area contributed by atoms with Gasteiger partial charge in [-0.3, -0.25) is 0 Å². The van der Waals surface area contributed by atoms with Gasteiger partial charge in [-0.05, 0) is 29.8 Å². The molecule has 3 nitrogen and oxygen atoms in total. The zero-order chi connectivity index (χ0) is 15.5. The lowest BCUT2D eigenvalue weighted by Crippen LogP contribution is -2.06. The van der Waals surface area contributed by atoms with Crippen LogP contribution in [0.1, 0.15) is 17.4 Å². The fraction of sp³-hybridized carbons (Fsp3) is 0.118. The molecule has 0 radical (unpaired) electrons. The smallest absolute Gasteiger partial charge is 0.172 e. The molecule has 0 fully saturated rings. The van der Waals surface area contributed by atoms with Gasteiger partial charge in [0.15, 0.2) is 5.16 Å². The Morgan fingerprint density at radius 1 is 1.09 bits per heavy atom. The molecule has 22 heavy (non-hydrogen) atoms. The van der Waals surface area contributed by atoms with E-state index in [1.54, 1.807) is 30.1 Å². The molecule has 1 unspecified atom stereocenters. The lowest BCUT2D eigenvalue weighted by atomic mass is 10.1. The predicted molar refractivity (Wildman–Crippen MR) is 89.3 cm³/mol. The summed E-state index contributed by atoms with van der Waals surface area (Å²) in [5.74, 6) is 0.